The lowest BCUT2D eigenvalue weighted by Crippen LogP contribution is -2.17. The molecule has 0 aliphatic carbocycles. The first-order valence-electron chi connectivity index (χ1n) is 7.24. The van der Waals surface area contributed by atoms with Crippen LogP contribution in [0, 0.1) is 6.92 Å². The van der Waals surface area contributed by atoms with Crippen LogP contribution < -0.4 is 10.3 Å². The van der Waals surface area contributed by atoms with Crippen LogP contribution in [0.4, 0.5) is 13.2 Å². The summed E-state index contributed by atoms with van der Waals surface area (Å²) in [5.41, 5.74) is 1.67. The molecule has 2 heterocycles. The molecule has 130 valence electrons. The van der Waals surface area contributed by atoms with Gasteiger partial charge in [-0.05, 0) is 24.6 Å². The number of aromatic nitrogens is 4. The first-order chi connectivity index (χ1) is 11.8. The van der Waals surface area contributed by atoms with Crippen LogP contribution in [0.2, 0.25) is 0 Å². The number of halogens is 3. The van der Waals surface area contributed by atoms with Gasteiger partial charge < -0.3 is 9.72 Å². The zero-order chi connectivity index (χ0) is 18.0. The van der Waals surface area contributed by atoms with E-state index in [1.54, 1.807) is 24.0 Å². The molecule has 3 rings (SSSR count). The van der Waals surface area contributed by atoms with E-state index in [0.717, 1.165) is 5.56 Å². The molecule has 0 radical (unpaired) electrons. The highest BCUT2D eigenvalue weighted by molar-refractivity contribution is 5.56. The van der Waals surface area contributed by atoms with Crippen LogP contribution in [0.5, 0.6) is 5.75 Å². The van der Waals surface area contributed by atoms with E-state index in [9.17, 15) is 18.0 Å². The number of nitrogens with zero attached hydrogens (tertiary/aromatic N) is 3. The van der Waals surface area contributed by atoms with Gasteiger partial charge in [-0.2, -0.15) is 5.10 Å². The monoisotopic (exact) mass is 350 g/mol. The van der Waals surface area contributed by atoms with E-state index in [1.807, 2.05) is 0 Å². The molecule has 25 heavy (non-hydrogen) atoms. The van der Waals surface area contributed by atoms with E-state index >= 15 is 0 Å². The normalized spacial score (nSPS) is 11.5. The summed E-state index contributed by atoms with van der Waals surface area (Å²) in [7, 11) is 0. The Kier molecular flexibility index (Phi) is 4.30. The number of hydrogen-bond acceptors (Lipinski definition) is 4. The number of hydrogen-bond donors (Lipinski definition) is 1. The van der Waals surface area contributed by atoms with Crippen molar-refractivity contribution in [1.29, 1.82) is 0 Å². The number of aromatic amines is 1. The van der Waals surface area contributed by atoms with E-state index < -0.39 is 6.36 Å². The van der Waals surface area contributed by atoms with Crippen molar-refractivity contribution in [2.24, 2.45) is 0 Å². The Hall–Kier alpha value is -3.10. The lowest BCUT2D eigenvalue weighted by molar-refractivity contribution is -0.274. The van der Waals surface area contributed by atoms with Crippen molar-refractivity contribution in [3.63, 3.8) is 0 Å². The van der Waals surface area contributed by atoms with Crippen LogP contribution in [0.3, 0.4) is 0 Å². The van der Waals surface area contributed by atoms with Gasteiger partial charge in [0.2, 0.25) is 0 Å². The highest BCUT2D eigenvalue weighted by Crippen LogP contribution is 2.23. The fourth-order valence-corrected chi connectivity index (χ4v) is 2.29. The van der Waals surface area contributed by atoms with Crippen molar-refractivity contribution < 1.29 is 17.9 Å². The van der Waals surface area contributed by atoms with Crippen LogP contribution in [0.25, 0.3) is 11.3 Å². The number of ether oxygens (including phenoxy) is 1. The molecule has 0 atom stereocenters. The summed E-state index contributed by atoms with van der Waals surface area (Å²) in [6.45, 7) is 2.04. The third kappa shape index (κ3) is 4.46. The molecule has 2 aromatic heterocycles. The maximum atomic E-state index is 12.1. The van der Waals surface area contributed by atoms with Crippen molar-refractivity contribution in [2.75, 3.05) is 0 Å². The molecular weight excluding hydrogens is 337 g/mol. The number of nitrogens with one attached hydrogen (secondary N) is 1. The molecule has 3 aromatic rings. The Bertz CT molecular complexity index is 930. The smallest absolute Gasteiger partial charge is 0.406 e. The van der Waals surface area contributed by atoms with Gasteiger partial charge in [0.05, 0.1) is 18.4 Å². The van der Waals surface area contributed by atoms with Crippen molar-refractivity contribution in [1.82, 2.24) is 19.7 Å². The SMILES string of the molecule is Cc1nc(-c2cnn(Cc3ccc(OC(F)(F)F)cc3)c2)cc(=O)[nH]1. The van der Waals surface area contributed by atoms with Crippen molar-refractivity contribution >= 4 is 0 Å². The molecule has 0 unspecified atom stereocenters. The Morgan fingerprint density at radius 3 is 2.60 bits per heavy atom. The van der Waals surface area contributed by atoms with Crippen LogP contribution in [0.1, 0.15) is 11.4 Å². The second kappa shape index (κ2) is 6.42. The zero-order valence-electron chi connectivity index (χ0n) is 13.0. The number of aryl methyl sites for hydroxylation is 1. The van der Waals surface area contributed by atoms with Crippen molar-refractivity contribution in [2.45, 2.75) is 19.8 Å². The summed E-state index contributed by atoms with van der Waals surface area (Å²) in [5, 5.41) is 4.18. The van der Waals surface area contributed by atoms with Gasteiger partial charge in [-0.15, -0.1) is 13.2 Å². The number of benzene rings is 1. The van der Waals surface area contributed by atoms with Gasteiger partial charge in [0.1, 0.15) is 11.6 Å². The highest BCUT2D eigenvalue weighted by Gasteiger charge is 2.30. The molecule has 0 fully saturated rings. The van der Waals surface area contributed by atoms with Gasteiger partial charge in [0.25, 0.3) is 5.56 Å². The Labute approximate surface area is 139 Å². The van der Waals surface area contributed by atoms with Crippen LogP contribution >= 0.6 is 0 Å². The zero-order valence-corrected chi connectivity index (χ0v) is 13.0. The summed E-state index contributed by atoms with van der Waals surface area (Å²) in [5.74, 6) is 0.219. The van der Waals surface area contributed by atoms with Crippen molar-refractivity contribution in [3.05, 3.63) is 64.5 Å². The molecule has 0 spiro atoms. The summed E-state index contributed by atoms with van der Waals surface area (Å²) in [4.78, 5) is 18.3. The highest BCUT2D eigenvalue weighted by atomic mass is 19.4. The van der Waals surface area contributed by atoms with Gasteiger partial charge in [-0.25, -0.2) is 4.98 Å². The van der Waals surface area contributed by atoms with Gasteiger partial charge in [-0.3, -0.25) is 9.48 Å². The summed E-state index contributed by atoms with van der Waals surface area (Å²) in [6, 6.07) is 6.91. The molecule has 0 amide bonds. The van der Waals surface area contributed by atoms with E-state index in [2.05, 4.69) is 19.8 Å². The van der Waals surface area contributed by atoms with E-state index in [4.69, 9.17) is 0 Å². The minimum Gasteiger partial charge on any atom is -0.406 e. The first kappa shape index (κ1) is 16.7. The molecule has 0 saturated heterocycles. The molecule has 9 heteroatoms. The average molecular weight is 350 g/mol. The van der Waals surface area contributed by atoms with Crippen molar-refractivity contribution in [3.8, 4) is 17.0 Å². The van der Waals surface area contributed by atoms with E-state index in [-0.39, 0.29) is 11.3 Å². The predicted octanol–water partition coefficient (Wildman–Crippen LogP) is 2.89. The number of alkyl halides is 3. The van der Waals surface area contributed by atoms with Crippen LogP contribution in [-0.4, -0.2) is 26.1 Å². The minimum atomic E-state index is -4.71. The topological polar surface area (TPSA) is 72.8 Å². The standard InChI is InChI=1S/C16H13F3N4O2/c1-10-21-14(6-15(24)22-10)12-7-20-23(9-12)8-11-2-4-13(5-3-11)25-16(17,18)19/h2-7,9H,8H2,1H3,(H,21,22,24). The van der Waals surface area contributed by atoms with Gasteiger partial charge >= 0.3 is 6.36 Å². The molecule has 1 N–H and O–H groups in total. The molecule has 1 aromatic carbocycles. The predicted molar refractivity (Wildman–Crippen MR) is 83.0 cm³/mol. The first-order valence-corrected chi connectivity index (χ1v) is 7.24. The Morgan fingerprint density at radius 1 is 1.24 bits per heavy atom. The summed E-state index contributed by atoms with van der Waals surface area (Å²) in [6.07, 6.45) is -1.43. The second-order valence-corrected chi connectivity index (χ2v) is 5.33. The fraction of sp³-hybridized carbons (Fsp3) is 0.188. The molecule has 0 aliphatic rings. The van der Waals surface area contributed by atoms with E-state index in [1.165, 1.54) is 30.3 Å². The molecule has 0 saturated carbocycles. The van der Waals surface area contributed by atoms with Gasteiger partial charge in [0, 0.05) is 17.8 Å². The fourth-order valence-electron chi connectivity index (χ4n) is 2.29. The van der Waals surface area contributed by atoms with Crippen LogP contribution in [-0.2, 0) is 6.54 Å². The van der Waals surface area contributed by atoms with Crippen LogP contribution in [0.15, 0.2) is 47.5 Å². The summed E-state index contributed by atoms with van der Waals surface area (Å²) < 4.78 is 41.9. The molecular formula is C16H13F3N4O2. The summed E-state index contributed by atoms with van der Waals surface area (Å²) >= 11 is 0. The minimum absolute atomic E-state index is 0.254. The molecule has 6 nitrogen and oxygen atoms in total. The van der Waals surface area contributed by atoms with E-state index in [0.29, 0.717) is 23.6 Å². The average Bonchev–Trinajstić information content (AvgIpc) is 2.95. The Morgan fingerprint density at radius 2 is 1.96 bits per heavy atom. The second-order valence-electron chi connectivity index (χ2n) is 5.33. The molecule has 0 aliphatic heterocycles. The lowest BCUT2D eigenvalue weighted by atomic mass is 10.2. The maximum absolute atomic E-state index is 12.1. The quantitative estimate of drug-likeness (QED) is 0.785. The third-order valence-corrected chi connectivity index (χ3v) is 3.29. The number of H-pyrrole nitrogens is 1. The number of rotatable bonds is 4. The maximum Gasteiger partial charge on any atom is 0.573 e. The third-order valence-electron chi connectivity index (χ3n) is 3.29. The van der Waals surface area contributed by atoms with Gasteiger partial charge in [-0.1, -0.05) is 12.1 Å². The Balaban J connectivity index is 1.74. The van der Waals surface area contributed by atoms with Gasteiger partial charge in [0.15, 0.2) is 0 Å². The lowest BCUT2D eigenvalue weighted by Gasteiger charge is -2.09. The largest absolute Gasteiger partial charge is 0.573 e. The molecule has 0 bridgehead atoms.